The first-order valence-electron chi connectivity index (χ1n) is 8.40. The fourth-order valence-corrected chi connectivity index (χ4v) is 2.69. The lowest BCUT2D eigenvalue weighted by Crippen LogP contribution is -2.19. The third kappa shape index (κ3) is 5.36. The largest absolute Gasteiger partial charge is 0.286 e. The number of aryl methyl sites for hydroxylation is 3. The minimum Gasteiger partial charge on any atom is -0.286 e. The maximum atomic E-state index is 11.5. The molecule has 1 amide bonds. The maximum Gasteiger partial charge on any atom is 0.269 e. The van der Waals surface area contributed by atoms with Gasteiger partial charge in [-0.15, -0.1) is 0 Å². The summed E-state index contributed by atoms with van der Waals surface area (Å²) in [4.78, 5) is 11.5. The summed E-state index contributed by atoms with van der Waals surface area (Å²) in [5, 5.41) is 9.73. The summed E-state index contributed by atoms with van der Waals surface area (Å²) in [5.41, 5.74) is 4.88. The van der Waals surface area contributed by atoms with E-state index >= 15 is 0 Å². The highest BCUT2D eigenvalue weighted by Gasteiger charge is 2.04. The number of nitrogens with zero attached hydrogens (tertiary/aromatic N) is 1. The van der Waals surface area contributed by atoms with Gasteiger partial charge in [-0.1, -0.05) is 55.5 Å². The number of hydrogen-bond donors (Lipinski definition) is 1. The predicted molar refractivity (Wildman–Crippen MR) is 97.9 cm³/mol. The van der Waals surface area contributed by atoms with Crippen molar-refractivity contribution in [2.75, 3.05) is 7.05 Å². The molecule has 3 heteroatoms. The van der Waals surface area contributed by atoms with Crippen LogP contribution in [0, 0.1) is 0 Å². The number of carbonyl (C=O) groups excluding carboxylic acids is 1. The number of hydroxylamine groups is 2. The van der Waals surface area contributed by atoms with Crippen molar-refractivity contribution in [2.24, 2.45) is 0 Å². The molecular weight excluding hydrogens is 298 g/mol. The van der Waals surface area contributed by atoms with Crippen LogP contribution in [0.1, 0.15) is 35.6 Å². The summed E-state index contributed by atoms with van der Waals surface area (Å²) in [6.07, 6.45) is 7.27. The van der Waals surface area contributed by atoms with Crippen LogP contribution in [0.25, 0.3) is 6.08 Å². The number of carbonyl (C=O) groups is 1. The number of rotatable bonds is 7. The molecule has 0 aromatic heterocycles. The third-order valence-electron chi connectivity index (χ3n) is 4.09. The summed E-state index contributed by atoms with van der Waals surface area (Å²) in [6.45, 7) is 2.10. The van der Waals surface area contributed by atoms with Gasteiger partial charge in [0, 0.05) is 13.1 Å². The Balaban J connectivity index is 2.03. The zero-order valence-electron chi connectivity index (χ0n) is 14.4. The first kappa shape index (κ1) is 18.0. The van der Waals surface area contributed by atoms with Crippen molar-refractivity contribution in [3.63, 3.8) is 0 Å². The molecule has 0 aliphatic rings. The van der Waals surface area contributed by atoms with Crippen LogP contribution in [0.5, 0.6) is 0 Å². The Bertz CT molecular complexity index is 690. The average molecular weight is 323 g/mol. The fourth-order valence-electron chi connectivity index (χ4n) is 2.69. The van der Waals surface area contributed by atoms with E-state index in [-0.39, 0.29) is 0 Å². The van der Waals surface area contributed by atoms with E-state index in [4.69, 9.17) is 5.21 Å². The van der Waals surface area contributed by atoms with Crippen molar-refractivity contribution >= 4 is 12.0 Å². The van der Waals surface area contributed by atoms with E-state index in [9.17, 15) is 4.79 Å². The van der Waals surface area contributed by atoms with E-state index in [0.29, 0.717) is 5.06 Å². The minimum absolute atomic E-state index is 0.425. The molecule has 0 atom stereocenters. The molecule has 3 nitrogen and oxygen atoms in total. The number of hydrogen-bond acceptors (Lipinski definition) is 2. The van der Waals surface area contributed by atoms with E-state index < -0.39 is 5.91 Å². The molecule has 0 spiro atoms. The molecule has 2 aromatic rings. The van der Waals surface area contributed by atoms with Crippen molar-refractivity contribution in [3.8, 4) is 0 Å². The van der Waals surface area contributed by atoms with Gasteiger partial charge in [0.1, 0.15) is 0 Å². The Hall–Kier alpha value is -2.39. The second kappa shape index (κ2) is 9.04. The summed E-state index contributed by atoms with van der Waals surface area (Å²) >= 11 is 0. The van der Waals surface area contributed by atoms with Crippen molar-refractivity contribution in [2.45, 2.75) is 32.6 Å². The Labute approximate surface area is 144 Å². The van der Waals surface area contributed by atoms with Crippen LogP contribution in [0.3, 0.4) is 0 Å². The van der Waals surface area contributed by atoms with Crippen LogP contribution in [-0.4, -0.2) is 23.2 Å². The molecule has 2 aromatic carbocycles. The lowest BCUT2D eigenvalue weighted by molar-refractivity contribution is -0.153. The standard InChI is InChI=1S/C21H25NO2/c1-3-19-13-12-18(11-7-10-17-8-5-4-6-9-17)16-20(19)14-15-21(23)22(2)24/h4-6,8-9,12-16,24H,3,7,10-11H2,1-2H3. The van der Waals surface area contributed by atoms with E-state index in [0.717, 1.165) is 31.2 Å². The van der Waals surface area contributed by atoms with E-state index in [1.165, 1.54) is 29.8 Å². The Morgan fingerprint density at radius 1 is 1.08 bits per heavy atom. The second-order valence-corrected chi connectivity index (χ2v) is 5.92. The quantitative estimate of drug-likeness (QED) is 0.469. The minimum atomic E-state index is -0.425. The Kier molecular flexibility index (Phi) is 6.76. The van der Waals surface area contributed by atoms with Gasteiger partial charge in [-0.25, -0.2) is 5.06 Å². The lowest BCUT2D eigenvalue weighted by Gasteiger charge is -2.09. The molecule has 0 radical (unpaired) electrons. The summed E-state index contributed by atoms with van der Waals surface area (Å²) in [7, 11) is 1.33. The fraction of sp³-hybridized carbons (Fsp3) is 0.286. The average Bonchev–Trinajstić information content (AvgIpc) is 2.60. The second-order valence-electron chi connectivity index (χ2n) is 5.92. The van der Waals surface area contributed by atoms with E-state index in [1.54, 1.807) is 6.08 Å². The summed E-state index contributed by atoms with van der Waals surface area (Å²) in [5.74, 6) is -0.425. The highest BCUT2D eigenvalue weighted by Crippen LogP contribution is 2.17. The number of likely N-dealkylation sites (N-methyl/N-ethyl adjacent to an activating group) is 1. The zero-order chi connectivity index (χ0) is 17.4. The third-order valence-corrected chi connectivity index (χ3v) is 4.09. The van der Waals surface area contributed by atoms with E-state index in [2.05, 4.69) is 49.4 Å². The van der Waals surface area contributed by atoms with Gasteiger partial charge in [-0.2, -0.15) is 0 Å². The molecule has 0 unspecified atom stereocenters. The van der Waals surface area contributed by atoms with Gasteiger partial charge < -0.3 is 0 Å². The van der Waals surface area contributed by atoms with Crippen LogP contribution >= 0.6 is 0 Å². The molecule has 126 valence electrons. The molecule has 0 aliphatic carbocycles. The first-order valence-corrected chi connectivity index (χ1v) is 8.40. The van der Waals surface area contributed by atoms with Gasteiger partial charge in [0.25, 0.3) is 5.91 Å². The van der Waals surface area contributed by atoms with Crippen molar-refractivity contribution in [1.82, 2.24) is 5.06 Å². The highest BCUT2D eigenvalue weighted by atomic mass is 16.5. The molecule has 0 saturated heterocycles. The molecular formula is C21H25NO2. The maximum absolute atomic E-state index is 11.5. The Morgan fingerprint density at radius 3 is 2.46 bits per heavy atom. The molecule has 0 aliphatic heterocycles. The van der Waals surface area contributed by atoms with Gasteiger partial charge in [-0.05, 0) is 54.0 Å². The topological polar surface area (TPSA) is 40.5 Å². The number of benzene rings is 2. The molecule has 0 fully saturated rings. The van der Waals surface area contributed by atoms with Gasteiger partial charge >= 0.3 is 0 Å². The van der Waals surface area contributed by atoms with Gasteiger partial charge in [0.15, 0.2) is 0 Å². The van der Waals surface area contributed by atoms with Crippen LogP contribution in [0.15, 0.2) is 54.6 Å². The van der Waals surface area contributed by atoms with Crippen LogP contribution < -0.4 is 0 Å². The zero-order valence-corrected chi connectivity index (χ0v) is 14.4. The highest BCUT2D eigenvalue weighted by molar-refractivity contribution is 5.91. The van der Waals surface area contributed by atoms with E-state index in [1.807, 2.05) is 6.07 Å². The van der Waals surface area contributed by atoms with Crippen LogP contribution in [0.4, 0.5) is 0 Å². The SMILES string of the molecule is CCc1ccc(CCCc2ccccc2)cc1C=CC(=O)N(C)O. The van der Waals surface area contributed by atoms with Crippen molar-refractivity contribution < 1.29 is 10.0 Å². The smallest absolute Gasteiger partial charge is 0.269 e. The normalized spacial score (nSPS) is 11.0. The van der Waals surface area contributed by atoms with Gasteiger partial charge in [-0.3, -0.25) is 10.0 Å². The molecule has 0 bridgehead atoms. The first-order chi connectivity index (χ1) is 11.6. The van der Waals surface area contributed by atoms with Crippen LogP contribution in [0.2, 0.25) is 0 Å². The molecule has 0 saturated carbocycles. The van der Waals surface area contributed by atoms with Gasteiger partial charge in [0.05, 0.1) is 0 Å². The van der Waals surface area contributed by atoms with Crippen LogP contribution in [-0.2, 0) is 24.1 Å². The summed E-state index contributed by atoms with van der Waals surface area (Å²) < 4.78 is 0. The predicted octanol–water partition coefficient (Wildman–Crippen LogP) is 4.29. The van der Waals surface area contributed by atoms with Crippen molar-refractivity contribution in [3.05, 3.63) is 76.9 Å². The molecule has 1 N–H and O–H groups in total. The van der Waals surface area contributed by atoms with Crippen molar-refractivity contribution in [1.29, 1.82) is 0 Å². The summed E-state index contributed by atoms with van der Waals surface area (Å²) in [6, 6.07) is 16.9. The Morgan fingerprint density at radius 2 is 1.79 bits per heavy atom. The molecule has 0 heterocycles. The van der Waals surface area contributed by atoms with Gasteiger partial charge in [0.2, 0.25) is 0 Å². The number of amides is 1. The lowest BCUT2D eigenvalue weighted by atomic mass is 9.98. The molecule has 24 heavy (non-hydrogen) atoms. The monoisotopic (exact) mass is 323 g/mol. The molecule has 2 rings (SSSR count).